The molecule has 1 aliphatic rings. The lowest BCUT2D eigenvalue weighted by Gasteiger charge is -2.41. The van der Waals surface area contributed by atoms with Crippen LogP contribution in [0.4, 0.5) is 13.2 Å². The normalized spacial score (nSPS) is 20.6. The Morgan fingerprint density at radius 3 is 2.55 bits per heavy atom. The van der Waals surface area contributed by atoms with Gasteiger partial charge in [-0.25, -0.2) is 10.3 Å². The summed E-state index contributed by atoms with van der Waals surface area (Å²) in [4.78, 5) is 36.3. The summed E-state index contributed by atoms with van der Waals surface area (Å²) in [5, 5.41) is 14.2. The highest BCUT2D eigenvalue weighted by atomic mass is 19.4. The fourth-order valence-corrected chi connectivity index (χ4v) is 2.92. The predicted molar refractivity (Wildman–Crippen MR) is 98.9 cm³/mol. The van der Waals surface area contributed by atoms with E-state index in [1.165, 1.54) is 29.7 Å². The van der Waals surface area contributed by atoms with E-state index in [1.807, 2.05) is 0 Å². The molecule has 1 fully saturated rings. The molecular formula is C19H20F3N3O6. The molecule has 1 unspecified atom stereocenters. The van der Waals surface area contributed by atoms with Crippen LogP contribution in [0.15, 0.2) is 24.3 Å². The van der Waals surface area contributed by atoms with Crippen LogP contribution in [0, 0.1) is 11.8 Å². The Morgan fingerprint density at radius 1 is 1.29 bits per heavy atom. The summed E-state index contributed by atoms with van der Waals surface area (Å²) in [7, 11) is 0. The maximum Gasteiger partial charge on any atom is 0.490 e. The molecule has 1 aliphatic heterocycles. The number of ether oxygens (including phenoxy) is 2. The molecule has 2 amide bonds. The van der Waals surface area contributed by atoms with E-state index in [-0.39, 0.29) is 25.3 Å². The number of rotatable bonds is 6. The minimum absolute atomic E-state index is 0.00236. The summed E-state index contributed by atoms with van der Waals surface area (Å²) in [6, 6.07) is 4.37. The number of hydroxylamine groups is 1. The fraction of sp³-hybridized carbons (Fsp3) is 0.421. The molecule has 9 nitrogen and oxygen atoms in total. The zero-order chi connectivity index (χ0) is 23.1. The van der Waals surface area contributed by atoms with Crippen molar-refractivity contribution >= 4 is 17.8 Å². The first-order valence-corrected chi connectivity index (χ1v) is 9.03. The Kier molecular flexibility index (Phi) is 7.84. The van der Waals surface area contributed by atoms with Gasteiger partial charge in [-0.3, -0.25) is 14.8 Å². The molecule has 1 saturated heterocycles. The van der Waals surface area contributed by atoms with Crippen LogP contribution in [0.1, 0.15) is 23.7 Å². The monoisotopic (exact) mass is 443 g/mol. The first-order valence-electron chi connectivity index (χ1n) is 9.03. The van der Waals surface area contributed by atoms with Gasteiger partial charge in [0, 0.05) is 18.5 Å². The van der Waals surface area contributed by atoms with Crippen LogP contribution in [0.5, 0.6) is 5.75 Å². The third-order valence-corrected chi connectivity index (χ3v) is 4.49. The van der Waals surface area contributed by atoms with Crippen molar-refractivity contribution in [2.45, 2.75) is 31.2 Å². The van der Waals surface area contributed by atoms with E-state index in [2.05, 4.69) is 27.2 Å². The first kappa shape index (κ1) is 24.0. The number of halogens is 3. The maximum atomic E-state index is 12.8. The number of carbonyl (C=O) groups excluding carboxylic acids is 3. The van der Waals surface area contributed by atoms with E-state index in [0.717, 1.165) is 0 Å². The van der Waals surface area contributed by atoms with Gasteiger partial charge in [0.25, 0.3) is 11.8 Å². The van der Waals surface area contributed by atoms with Crippen molar-refractivity contribution in [1.29, 1.82) is 0 Å². The molecule has 168 valence electrons. The van der Waals surface area contributed by atoms with Crippen molar-refractivity contribution in [2.24, 2.45) is 0 Å². The molecule has 1 heterocycles. The van der Waals surface area contributed by atoms with Crippen molar-refractivity contribution in [3.8, 4) is 17.6 Å². The lowest BCUT2D eigenvalue weighted by atomic mass is 9.85. The van der Waals surface area contributed by atoms with Gasteiger partial charge in [-0.15, -0.1) is 5.92 Å². The Hall–Kier alpha value is -3.30. The van der Waals surface area contributed by atoms with Gasteiger partial charge in [-0.05, 0) is 37.7 Å². The van der Waals surface area contributed by atoms with E-state index in [1.54, 1.807) is 6.92 Å². The third-order valence-electron chi connectivity index (χ3n) is 4.49. The van der Waals surface area contributed by atoms with Crippen molar-refractivity contribution in [3.63, 3.8) is 0 Å². The van der Waals surface area contributed by atoms with Crippen LogP contribution in [0.25, 0.3) is 0 Å². The lowest BCUT2D eigenvalue weighted by Crippen LogP contribution is -2.69. The van der Waals surface area contributed by atoms with Crippen LogP contribution in [-0.4, -0.2) is 60.5 Å². The molecule has 0 bridgehead atoms. The number of alkyl halides is 3. The van der Waals surface area contributed by atoms with E-state index in [0.29, 0.717) is 5.75 Å². The van der Waals surface area contributed by atoms with Gasteiger partial charge in [-0.2, -0.15) is 13.2 Å². The highest BCUT2D eigenvalue weighted by molar-refractivity contribution is 5.96. The summed E-state index contributed by atoms with van der Waals surface area (Å²) in [5.74, 6) is 1.04. The molecule has 2 atom stereocenters. The summed E-state index contributed by atoms with van der Waals surface area (Å²) < 4.78 is 48.1. The standard InChI is InChI=1S/C19H20F3N3O6/c1-2-3-10-30-13-6-4-12(5-7-13)15(26)24-14-11-23-9-8-18(14,16(27)25-29)31-17(28)19(20,21)22/h4-7,14,23,29H,8-11H2,1H3,(H,24,26)(H,25,27)/t14-,18?/m1/s1. The quantitative estimate of drug-likeness (QED) is 0.219. The molecule has 12 heteroatoms. The number of amides is 2. The number of nitrogens with one attached hydrogen (secondary N) is 3. The van der Waals surface area contributed by atoms with Gasteiger partial charge in [0.05, 0.1) is 6.04 Å². The molecule has 2 rings (SSSR count). The number of hydrogen-bond donors (Lipinski definition) is 4. The van der Waals surface area contributed by atoms with Crippen molar-refractivity contribution in [1.82, 2.24) is 16.1 Å². The molecule has 0 aromatic heterocycles. The molecule has 31 heavy (non-hydrogen) atoms. The second kappa shape index (κ2) is 10.1. The molecule has 0 spiro atoms. The van der Waals surface area contributed by atoms with Crippen LogP contribution < -0.4 is 20.9 Å². The number of hydrogen-bond acceptors (Lipinski definition) is 7. The van der Waals surface area contributed by atoms with Crippen molar-refractivity contribution < 1.29 is 42.2 Å². The average Bonchev–Trinajstić information content (AvgIpc) is 2.74. The Balaban J connectivity index is 2.22. The van der Waals surface area contributed by atoms with Crippen LogP contribution in [-0.2, 0) is 14.3 Å². The molecule has 1 aromatic rings. The topological polar surface area (TPSA) is 126 Å². The third kappa shape index (κ3) is 5.87. The first-order chi connectivity index (χ1) is 14.6. The number of esters is 1. The SMILES string of the molecule is CC#CCOc1ccc(C(=O)N[C@@H]2CNCCC2(OC(=O)C(F)(F)F)C(=O)NO)cc1. The Bertz CT molecular complexity index is 879. The predicted octanol–water partition coefficient (Wildman–Crippen LogP) is 0.530. The van der Waals surface area contributed by atoms with Crippen LogP contribution >= 0.6 is 0 Å². The molecule has 1 aromatic carbocycles. The summed E-state index contributed by atoms with van der Waals surface area (Å²) in [5.41, 5.74) is -1.14. The largest absolute Gasteiger partial charge is 0.490 e. The zero-order valence-electron chi connectivity index (χ0n) is 16.3. The van der Waals surface area contributed by atoms with E-state index in [4.69, 9.17) is 9.94 Å². The Morgan fingerprint density at radius 2 is 1.97 bits per heavy atom. The summed E-state index contributed by atoms with van der Waals surface area (Å²) in [6.07, 6.45) is -5.79. The molecule has 0 radical (unpaired) electrons. The van der Waals surface area contributed by atoms with Crippen LogP contribution in [0.3, 0.4) is 0 Å². The summed E-state index contributed by atoms with van der Waals surface area (Å²) >= 11 is 0. The number of piperidine rings is 1. The van der Waals surface area contributed by atoms with E-state index in [9.17, 15) is 27.6 Å². The Labute approximate surface area is 175 Å². The molecule has 4 N–H and O–H groups in total. The molecule has 0 saturated carbocycles. The van der Waals surface area contributed by atoms with Crippen LogP contribution in [0.2, 0.25) is 0 Å². The van der Waals surface area contributed by atoms with Gasteiger partial charge in [0.2, 0.25) is 5.60 Å². The van der Waals surface area contributed by atoms with Gasteiger partial charge in [0.1, 0.15) is 12.4 Å². The zero-order valence-corrected chi connectivity index (χ0v) is 16.3. The minimum Gasteiger partial charge on any atom is -0.481 e. The van der Waals surface area contributed by atoms with E-state index < -0.39 is 42.0 Å². The minimum atomic E-state index is -5.37. The lowest BCUT2D eigenvalue weighted by molar-refractivity contribution is -0.219. The van der Waals surface area contributed by atoms with Crippen molar-refractivity contribution in [2.75, 3.05) is 19.7 Å². The van der Waals surface area contributed by atoms with Gasteiger partial charge in [-0.1, -0.05) is 5.92 Å². The molecule has 0 aliphatic carbocycles. The van der Waals surface area contributed by atoms with Gasteiger partial charge >= 0.3 is 12.1 Å². The maximum absolute atomic E-state index is 12.8. The summed E-state index contributed by atoms with van der Waals surface area (Å²) in [6.45, 7) is 1.61. The smallest absolute Gasteiger partial charge is 0.481 e. The fourth-order valence-electron chi connectivity index (χ4n) is 2.92. The second-order valence-electron chi connectivity index (χ2n) is 6.44. The molecular weight excluding hydrogens is 423 g/mol. The second-order valence-corrected chi connectivity index (χ2v) is 6.44. The highest BCUT2D eigenvalue weighted by Crippen LogP contribution is 2.29. The van der Waals surface area contributed by atoms with Gasteiger partial charge in [0.15, 0.2) is 0 Å². The highest BCUT2D eigenvalue weighted by Gasteiger charge is 2.55. The van der Waals surface area contributed by atoms with Crippen molar-refractivity contribution in [3.05, 3.63) is 29.8 Å². The van der Waals surface area contributed by atoms with E-state index >= 15 is 0 Å². The number of benzene rings is 1. The van der Waals surface area contributed by atoms with Gasteiger partial charge < -0.3 is 20.1 Å². The number of carbonyl (C=O) groups is 3. The average molecular weight is 443 g/mol.